The molecule has 2 amide bonds. The van der Waals surface area contributed by atoms with Crippen molar-refractivity contribution in [2.45, 2.75) is 52.1 Å². The van der Waals surface area contributed by atoms with Gasteiger partial charge in [-0.05, 0) is 48.2 Å². The van der Waals surface area contributed by atoms with Crippen LogP contribution in [0.2, 0.25) is 10.0 Å². The molecule has 0 aliphatic rings. The van der Waals surface area contributed by atoms with Crippen molar-refractivity contribution >= 4 is 35.0 Å². The summed E-state index contributed by atoms with van der Waals surface area (Å²) in [5, 5.41) is 3.85. The first kappa shape index (κ1) is 24.2. The fraction of sp³-hybridized carbons (Fsp3) is 0.391. The molecule has 0 unspecified atom stereocenters. The van der Waals surface area contributed by atoms with E-state index in [1.165, 1.54) is 12.1 Å². The Labute approximate surface area is 187 Å². The number of nitrogens with zero attached hydrogens (tertiary/aromatic N) is 1. The van der Waals surface area contributed by atoms with Gasteiger partial charge in [0.25, 0.3) is 0 Å². The maximum absolute atomic E-state index is 13.2. The second-order valence-electron chi connectivity index (χ2n) is 7.13. The predicted octanol–water partition coefficient (Wildman–Crippen LogP) is 5.40. The molecule has 0 saturated carbocycles. The molecule has 7 heteroatoms. The highest BCUT2D eigenvalue weighted by molar-refractivity contribution is 6.35. The van der Waals surface area contributed by atoms with Crippen molar-refractivity contribution in [3.63, 3.8) is 0 Å². The van der Waals surface area contributed by atoms with Crippen LogP contribution in [0.1, 0.15) is 44.2 Å². The van der Waals surface area contributed by atoms with E-state index in [4.69, 9.17) is 23.2 Å². The number of carbonyl (C=O) groups excluding carboxylic acids is 2. The zero-order chi connectivity index (χ0) is 22.1. The van der Waals surface area contributed by atoms with Gasteiger partial charge in [0.2, 0.25) is 11.8 Å². The van der Waals surface area contributed by atoms with Crippen molar-refractivity contribution in [2.75, 3.05) is 6.54 Å². The molecule has 0 fully saturated rings. The highest BCUT2D eigenvalue weighted by atomic mass is 35.5. The van der Waals surface area contributed by atoms with E-state index >= 15 is 0 Å². The van der Waals surface area contributed by atoms with E-state index in [1.807, 2.05) is 13.8 Å². The zero-order valence-electron chi connectivity index (χ0n) is 17.3. The number of benzene rings is 2. The molecule has 2 aromatic rings. The SMILES string of the molecule is CCCCNC(=O)[C@@H](CC)N(Cc1ccc(Cl)cc1Cl)C(=O)Cc1ccc(F)cc1. The second-order valence-corrected chi connectivity index (χ2v) is 7.97. The molecular formula is C23H27Cl2FN2O2. The molecule has 162 valence electrons. The fourth-order valence-electron chi connectivity index (χ4n) is 3.14. The Morgan fingerprint density at radius 2 is 1.80 bits per heavy atom. The minimum Gasteiger partial charge on any atom is -0.354 e. The number of rotatable bonds is 10. The van der Waals surface area contributed by atoms with Gasteiger partial charge in [-0.25, -0.2) is 4.39 Å². The number of unbranched alkanes of at least 4 members (excludes halogenated alkanes) is 1. The molecule has 0 saturated heterocycles. The van der Waals surface area contributed by atoms with Gasteiger partial charge in [0.05, 0.1) is 6.42 Å². The molecule has 0 heterocycles. The van der Waals surface area contributed by atoms with E-state index in [1.54, 1.807) is 35.2 Å². The summed E-state index contributed by atoms with van der Waals surface area (Å²) >= 11 is 12.3. The molecule has 0 spiro atoms. The highest BCUT2D eigenvalue weighted by Crippen LogP contribution is 2.24. The quantitative estimate of drug-likeness (QED) is 0.490. The number of hydrogen-bond acceptors (Lipinski definition) is 2. The molecule has 1 atom stereocenters. The summed E-state index contributed by atoms with van der Waals surface area (Å²) in [6.45, 7) is 4.65. The topological polar surface area (TPSA) is 49.4 Å². The molecule has 1 N–H and O–H groups in total. The number of nitrogens with one attached hydrogen (secondary N) is 1. The number of amides is 2. The summed E-state index contributed by atoms with van der Waals surface area (Å²) in [6.07, 6.45) is 2.35. The van der Waals surface area contributed by atoms with Crippen LogP contribution in [0, 0.1) is 5.82 Å². The normalized spacial score (nSPS) is 11.8. The summed E-state index contributed by atoms with van der Waals surface area (Å²) in [5.41, 5.74) is 1.38. The zero-order valence-corrected chi connectivity index (χ0v) is 18.8. The van der Waals surface area contributed by atoms with Gasteiger partial charge >= 0.3 is 0 Å². The lowest BCUT2D eigenvalue weighted by Gasteiger charge is -2.31. The number of hydrogen-bond donors (Lipinski definition) is 1. The first-order chi connectivity index (χ1) is 14.3. The second kappa shape index (κ2) is 11.9. The lowest BCUT2D eigenvalue weighted by molar-refractivity contribution is -0.140. The first-order valence-corrected chi connectivity index (χ1v) is 10.9. The van der Waals surface area contributed by atoms with Gasteiger partial charge in [-0.3, -0.25) is 9.59 Å². The maximum atomic E-state index is 13.2. The highest BCUT2D eigenvalue weighted by Gasteiger charge is 2.29. The Morgan fingerprint density at radius 1 is 1.10 bits per heavy atom. The molecule has 30 heavy (non-hydrogen) atoms. The van der Waals surface area contributed by atoms with Crippen molar-refractivity contribution in [3.8, 4) is 0 Å². The Kier molecular flexibility index (Phi) is 9.60. The van der Waals surface area contributed by atoms with Gasteiger partial charge in [-0.1, -0.05) is 61.7 Å². The van der Waals surface area contributed by atoms with Crippen LogP contribution in [0.25, 0.3) is 0 Å². The van der Waals surface area contributed by atoms with Crippen molar-refractivity contribution in [2.24, 2.45) is 0 Å². The lowest BCUT2D eigenvalue weighted by Crippen LogP contribution is -2.49. The monoisotopic (exact) mass is 452 g/mol. The van der Waals surface area contributed by atoms with Gasteiger partial charge in [0, 0.05) is 23.1 Å². The van der Waals surface area contributed by atoms with Crippen molar-refractivity contribution < 1.29 is 14.0 Å². The van der Waals surface area contributed by atoms with Crippen LogP contribution in [0.15, 0.2) is 42.5 Å². The van der Waals surface area contributed by atoms with Crippen LogP contribution in [0.4, 0.5) is 4.39 Å². The van der Waals surface area contributed by atoms with Crippen LogP contribution in [0.5, 0.6) is 0 Å². The summed E-state index contributed by atoms with van der Waals surface area (Å²) in [5.74, 6) is -0.786. The minimum absolute atomic E-state index is 0.0598. The molecule has 0 aliphatic heterocycles. The van der Waals surface area contributed by atoms with E-state index < -0.39 is 6.04 Å². The molecule has 0 aliphatic carbocycles. The van der Waals surface area contributed by atoms with Gasteiger partial charge in [-0.2, -0.15) is 0 Å². The molecule has 0 radical (unpaired) electrons. The van der Waals surface area contributed by atoms with E-state index in [0.29, 0.717) is 34.1 Å². The minimum atomic E-state index is -0.637. The summed E-state index contributed by atoms with van der Waals surface area (Å²) < 4.78 is 13.2. The molecule has 0 bridgehead atoms. The average molecular weight is 453 g/mol. The summed E-state index contributed by atoms with van der Waals surface area (Å²) in [6, 6.07) is 10.2. The van der Waals surface area contributed by atoms with Crippen molar-refractivity contribution in [3.05, 3.63) is 69.5 Å². The molecule has 4 nitrogen and oxygen atoms in total. The van der Waals surface area contributed by atoms with Crippen molar-refractivity contribution in [1.29, 1.82) is 0 Å². The van der Waals surface area contributed by atoms with Gasteiger partial charge in [0.1, 0.15) is 11.9 Å². The van der Waals surface area contributed by atoms with Crippen LogP contribution < -0.4 is 5.32 Å². The predicted molar refractivity (Wildman–Crippen MR) is 119 cm³/mol. The maximum Gasteiger partial charge on any atom is 0.242 e. The third-order valence-electron chi connectivity index (χ3n) is 4.84. The van der Waals surface area contributed by atoms with E-state index in [9.17, 15) is 14.0 Å². The third kappa shape index (κ3) is 6.99. The van der Waals surface area contributed by atoms with E-state index in [2.05, 4.69) is 5.32 Å². The molecular weight excluding hydrogens is 426 g/mol. The molecule has 0 aromatic heterocycles. The average Bonchev–Trinajstić information content (AvgIpc) is 2.71. The Morgan fingerprint density at radius 3 is 2.40 bits per heavy atom. The Hall–Kier alpha value is -2.11. The first-order valence-electron chi connectivity index (χ1n) is 10.1. The van der Waals surface area contributed by atoms with Crippen LogP contribution in [-0.2, 0) is 22.6 Å². The van der Waals surface area contributed by atoms with E-state index in [0.717, 1.165) is 12.8 Å². The van der Waals surface area contributed by atoms with Gasteiger partial charge in [0.15, 0.2) is 0 Å². The fourth-order valence-corrected chi connectivity index (χ4v) is 3.61. The third-order valence-corrected chi connectivity index (χ3v) is 5.43. The summed E-state index contributed by atoms with van der Waals surface area (Å²) in [4.78, 5) is 27.6. The lowest BCUT2D eigenvalue weighted by atomic mass is 10.1. The largest absolute Gasteiger partial charge is 0.354 e. The van der Waals surface area contributed by atoms with Crippen molar-refractivity contribution in [1.82, 2.24) is 10.2 Å². The summed E-state index contributed by atoms with van der Waals surface area (Å²) in [7, 11) is 0. The number of halogens is 3. The standard InChI is InChI=1S/C23H27Cl2FN2O2/c1-3-5-12-27-23(30)21(4-2)28(15-17-8-9-18(24)14-20(17)25)22(29)13-16-6-10-19(26)11-7-16/h6-11,14,21H,3-5,12-13,15H2,1-2H3,(H,27,30)/t21-/m1/s1. The van der Waals surface area contributed by atoms with Gasteiger partial charge in [-0.15, -0.1) is 0 Å². The Balaban J connectivity index is 2.28. The smallest absolute Gasteiger partial charge is 0.242 e. The Bertz CT molecular complexity index is 859. The van der Waals surface area contributed by atoms with Gasteiger partial charge < -0.3 is 10.2 Å². The number of carbonyl (C=O) groups is 2. The molecule has 2 rings (SSSR count). The van der Waals surface area contributed by atoms with Crippen LogP contribution >= 0.6 is 23.2 Å². The van der Waals surface area contributed by atoms with Crippen LogP contribution in [-0.4, -0.2) is 29.3 Å². The molecule has 2 aromatic carbocycles. The van der Waals surface area contributed by atoms with E-state index in [-0.39, 0.29) is 30.6 Å². The van der Waals surface area contributed by atoms with Crippen LogP contribution in [0.3, 0.4) is 0 Å².